The Morgan fingerprint density at radius 2 is 1.75 bits per heavy atom. The van der Waals surface area contributed by atoms with Gasteiger partial charge >= 0.3 is 0 Å². The highest BCUT2D eigenvalue weighted by atomic mass is 16.5. The molecule has 7 nitrogen and oxygen atoms in total. The molecular weight excluding hydrogens is 358 g/mol. The summed E-state index contributed by atoms with van der Waals surface area (Å²) < 4.78 is 5.33. The highest BCUT2D eigenvalue weighted by Crippen LogP contribution is 2.26. The van der Waals surface area contributed by atoms with Crippen LogP contribution in [0.5, 0.6) is 5.75 Å². The Balaban J connectivity index is 1.85. The smallest absolute Gasteiger partial charge is 0.261 e. The number of benzene rings is 2. The summed E-state index contributed by atoms with van der Waals surface area (Å²) in [6, 6.07) is 11.9. The molecule has 7 heteroatoms. The fourth-order valence-corrected chi connectivity index (χ4v) is 3.17. The van der Waals surface area contributed by atoms with E-state index in [4.69, 9.17) is 4.74 Å². The molecule has 0 radical (unpaired) electrons. The maximum absolute atomic E-state index is 12.8. The van der Waals surface area contributed by atoms with Crippen molar-refractivity contribution in [3.05, 3.63) is 64.7 Å². The first-order chi connectivity index (χ1) is 13.5. The zero-order valence-electron chi connectivity index (χ0n) is 16.2. The van der Waals surface area contributed by atoms with Gasteiger partial charge in [-0.15, -0.1) is 0 Å². The van der Waals surface area contributed by atoms with Crippen LogP contribution in [0.2, 0.25) is 0 Å². The predicted octanol–water partition coefficient (Wildman–Crippen LogP) is 1.78. The number of nitrogens with one attached hydrogen (secondary N) is 1. The molecule has 0 saturated carbocycles. The van der Waals surface area contributed by atoms with Gasteiger partial charge in [-0.3, -0.25) is 19.3 Å². The van der Waals surface area contributed by atoms with Gasteiger partial charge in [0.15, 0.2) is 0 Å². The zero-order chi connectivity index (χ0) is 20.3. The first kappa shape index (κ1) is 19.6. The van der Waals surface area contributed by atoms with Crippen molar-refractivity contribution in [2.75, 3.05) is 34.3 Å². The standard InChI is InChI=1S/C21H23N3O4/c1-22-10-11-23(2)19(25)17-12-14(8-9-18(17)28-3)13-24-20(26)15-6-4-5-7-16(15)21(24)27/h4-9,12,22H,10-11,13H2,1-3H3. The van der Waals surface area contributed by atoms with Crippen molar-refractivity contribution in [3.63, 3.8) is 0 Å². The van der Waals surface area contributed by atoms with Crippen LogP contribution in [-0.4, -0.2) is 61.8 Å². The van der Waals surface area contributed by atoms with Crippen LogP contribution < -0.4 is 10.1 Å². The van der Waals surface area contributed by atoms with E-state index in [1.807, 2.05) is 7.05 Å². The van der Waals surface area contributed by atoms with E-state index in [1.165, 1.54) is 12.0 Å². The van der Waals surface area contributed by atoms with Crippen LogP contribution in [0.15, 0.2) is 42.5 Å². The van der Waals surface area contributed by atoms with Gasteiger partial charge in [0.25, 0.3) is 17.7 Å². The topological polar surface area (TPSA) is 79.0 Å². The van der Waals surface area contributed by atoms with Crippen LogP contribution in [0, 0.1) is 0 Å². The van der Waals surface area contributed by atoms with Crippen LogP contribution in [0.25, 0.3) is 0 Å². The minimum absolute atomic E-state index is 0.0941. The lowest BCUT2D eigenvalue weighted by Gasteiger charge is -2.20. The summed E-state index contributed by atoms with van der Waals surface area (Å²) in [5.41, 5.74) is 1.89. The zero-order valence-corrected chi connectivity index (χ0v) is 16.2. The number of hydrogen-bond donors (Lipinski definition) is 1. The molecule has 2 aromatic rings. The van der Waals surface area contributed by atoms with Gasteiger partial charge in [0, 0.05) is 20.1 Å². The van der Waals surface area contributed by atoms with Crippen LogP contribution in [-0.2, 0) is 6.54 Å². The van der Waals surface area contributed by atoms with E-state index < -0.39 is 0 Å². The second kappa shape index (κ2) is 8.22. The summed E-state index contributed by atoms with van der Waals surface area (Å²) in [5.74, 6) is -0.380. The van der Waals surface area contributed by atoms with Crippen molar-refractivity contribution in [2.24, 2.45) is 0 Å². The van der Waals surface area contributed by atoms with E-state index in [0.717, 1.165) is 0 Å². The molecule has 0 bridgehead atoms. The molecule has 3 rings (SSSR count). The molecule has 1 aliphatic heterocycles. The third kappa shape index (κ3) is 3.61. The third-order valence-electron chi connectivity index (χ3n) is 4.76. The van der Waals surface area contributed by atoms with Gasteiger partial charge in [0.2, 0.25) is 0 Å². The van der Waals surface area contributed by atoms with Gasteiger partial charge in [-0.2, -0.15) is 0 Å². The van der Waals surface area contributed by atoms with E-state index in [2.05, 4.69) is 5.32 Å². The maximum atomic E-state index is 12.8. The highest BCUT2D eigenvalue weighted by molar-refractivity contribution is 6.21. The SMILES string of the molecule is CNCCN(C)C(=O)c1cc(CN2C(=O)c3ccccc3C2=O)ccc1OC. The van der Waals surface area contributed by atoms with Crippen LogP contribution in [0.1, 0.15) is 36.6 Å². The molecule has 0 atom stereocenters. The van der Waals surface area contributed by atoms with Gasteiger partial charge < -0.3 is 15.0 Å². The van der Waals surface area contributed by atoms with Crippen LogP contribution >= 0.6 is 0 Å². The molecule has 146 valence electrons. The van der Waals surface area contributed by atoms with E-state index in [0.29, 0.717) is 41.1 Å². The fourth-order valence-electron chi connectivity index (χ4n) is 3.17. The predicted molar refractivity (Wildman–Crippen MR) is 105 cm³/mol. The number of carbonyl (C=O) groups is 3. The Morgan fingerprint density at radius 1 is 1.11 bits per heavy atom. The van der Waals surface area contributed by atoms with Crippen molar-refractivity contribution in [1.82, 2.24) is 15.1 Å². The molecule has 0 aliphatic carbocycles. The second-order valence-corrected chi connectivity index (χ2v) is 6.61. The van der Waals surface area contributed by atoms with Gasteiger partial charge in [0.1, 0.15) is 5.75 Å². The Bertz CT molecular complexity index is 891. The number of carbonyl (C=O) groups excluding carboxylic acids is 3. The van der Waals surface area contributed by atoms with Crippen molar-refractivity contribution < 1.29 is 19.1 Å². The minimum atomic E-state index is -0.324. The van der Waals surface area contributed by atoms with Crippen LogP contribution in [0.3, 0.4) is 0 Å². The summed E-state index contributed by atoms with van der Waals surface area (Å²) in [7, 11) is 5.04. The number of amides is 3. The number of ether oxygens (including phenoxy) is 1. The summed E-state index contributed by atoms with van der Waals surface area (Å²) in [6.07, 6.45) is 0. The van der Waals surface area contributed by atoms with E-state index >= 15 is 0 Å². The molecule has 1 heterocycles. The molecule has 0 aromatic heterocycles. The average Bonchev–Trinajstić information content (AvgIpc) is 2.96. The molecular formula is C21H23N3O4. The number of hydrogen-bond acceptors (Lipinski definition) is 5. The average molecular weight is 381 g/mol. The Morgan fingerprint density at radius 3 is 2.32 bits per heavy atom. The molecule has 0 spiro atoms. The summed E-state index contributed by atoms with van der Waals surface area (Å²) >= 11 is 0. The number of fused-ring (bicyclic) bond motifs is 1. The molecule has 0 fully saturated rings. The largest absolute Gasteiger partial charge is 0.496 e. The molecule has 28 heavy (non-hydrogen) atoms. The number of methoxy groups -OCH3 is 1. The molecule has 3 amide bonds. The Kier molecular flexibility index (Phi) is 5.75. The number of likely N-dealkylation sites (N-methyl/N-ethyl adjacent to an activating group) is 2. The summed E-state index contributed by atoms with van der Waals surface area (Å²) in [4.78, 5) is 40.8. The molecule has 0 unspecified atom stereocenters. The number of imide groups is 1. The normalized spacial score (nSPS) is 12.9. The first-order valence-corrected chi connectivity index (χ1v) is 9.00. The minimum Gasteiger partial charge on any atom is -0.496 e. The molecule has 1 aliphatic rings. The Hall–Kier alpha value is -3.19. The summed E-state index contributed by atoms with van der Waals surface area (Å²) in [5, 5.41) is 3.00. The third-order valence-corrected chi connectivity index (χ3v) is 4.76. The van der Waals surface area contributed by atoms with Gasteiger partial charge in [-0.05, 0) is 36.9 Å². The van der Waals surface area contributed by atoms with Gasteiger partial charge in [-0.1, -0.05) is 18.2 Å². The first-order valence-electron chi connectivity index (χ1n) is 9.00. The maximum Gasteiger partial charge on any atom is 0.261 e. The van der Waals surface area contributed by atoms with E-state index in [-0.39, 0.29) is 24.3 Å². The molecule has 2 aromatic carbocycles. The Labute approximate surface area is 163 Å². The van der Waals surface area contributed by atoms with E-state index in [9.17, 15) is 14.4 Å². The van der Waals surface area contributed by atoms with Crippen molar-refractivity contribution in [1.29, 1.82) is 0 Å². The monoisotopic (exact) mass is 381 g/mol. The van der Waals surface area contributed by atoms with Crippen molar-refractivity contribution in [2.45, 2.75) is 6.54 Å². The van der Waals surface area contributed by atoms with Crippen molar-refractivity contribution >= 4 is 17.7 Å². The van der Waals surface area contributed by atoms with E-state index in [1.54, 1.807) is 54.4 Å². The van der Waals surface area contributed by atoms with Crippen LogP contribution in [0.4, 0.5) is 0 Å². The van der Waals surface area contributed by atoms with Gasteiger partial charge in [-0.25, -0.2) is 0 Å². The second-order valence-electron chi connectivity index (χ2n) is 6.61. The lowest BCUT2D eigenvalue weighted by molar-refractivity contribution is 0.0642. The number of nitrogens with zero attached hydrogens (tertiary/aromatic N) is 2. The quantitative estimate of drug-likeness (QED) is 0.740. The number of rotatable bonds is 7. The lowest BCUT2D eigenvalue weighted by Crippen LogP contribution is -2.33. The lowest BCUT2D eigenvalue weighted by atomic mass is 10.1. The molecule has 1 N–H and O–H groups in total. The fraction of sp³-hybridized carbons (Fsp3) is 0.286. The highest BCUT2D eigenvalue weighted by Gasteiger charge is 2.35. The summed E-state index contributed by atoms with van der Waals surface area (Å²) in [6.45, 7) is 1.30. The molecule has 0 saturated heterocycles. The van der Waals surface area contributed by atoms with Crippen molar-refractivity contribution in [3.8, 4) is 5.75 Å². The van der Waals surface area contributed by atoms with Gasteiger partial charge in [0.05, 0.1) is 30.3 Å².